The molecule has 1 atom stereocenters. The van der Waals surface area contributed by atoms with Crippen LogP contribution in [0.1, 0.15) is 65.2 Å². The lowest BCUT2D eigenvalue weighted by Gasteiger charge is -2.33. The van der Waals surface area contributed by atoms with Crippen molar-refractivity contribution in [3.05, 3.63) is 0 Å². The average molecular weight is 254 g/mol. The zero-order valence-corrected chi connectivity index (χ0v) is 12.2. The maximum absolute atomic E-state index is 12.1. The number of nitrogens with zero attached hydrogens (tertiary/aromatic N) is 1. The summed E-state index contributed by atoms with van der Waals surface area (Å²) in [4.78, 5) is 14.2. The highest BCUT2D eigenvalue weighted by atomic mass is 16.2. The van der Waals surface area contributed by atoms with Crippen molar-refractivity contribution in [2.75, 3.05) is 19.6 Å². The van der Waals surface area contributed by atoms with Crippen LogP contribution in [-0.2, 0) is 4.79 Å². The van der Waals surface area contributed by atoms with E-state index >= 15 is 0 Å². The molecule has 1 amide bonds. The molecule has 1 aliphatic heterocycles. The Kier molecular flexibility index (Phi) is 8.06. The molecule has 3 heteroatoms. The second kappa shape index (κ2) is 9.37. The van der Waals surface area contributed by atoms with E-state index in [1.807, 2.05) is 0 Å². The molecule has 0 aromatic rings. The van der Waals surface area contributed by atoms with Crippen molar-refractivity contribution in [1.82, 2.24) is 10.2 Å². The zero-order valence-electron chi connectivity index (χ0n) is 12.2. The van der Waals surface area contributed by atoms with Crippen molar-refractivity contribution in [3.8, 4) is 0 Å². The monoisotopic (exact) mass is 254 g/mol. The fraction of sp³-hybridized carbons (Fsp3) is 0.933. The molecule has 1 heterocycles. The number of piperidine rings is 1. The van der Waals surface area contributed by atoms with E-state index in [4.69, 9.17) is 0 Å². The second-order valence-corrected chi connectivity index (χ2v) is 5.44. The van der Waals surface area contributed by atoms with Crippen molar-refractivity contribution >= 4 is 5.91 Å². The van der Waals surface area contributed by atoms with Crippen molar-refractivity contribution in [2.45, 2.75) is 71.3 Å². The van der Waals surface area contributed by atoms with Gasteiger partial charge in [-0.15, -0.1) is 0 Å². The lowest BCUT2D eigenvalue weighted by atomic mass is 10.0. The number of hydrogen-bond donors (Lipinski definition) is 1. The summed E-state index contributed by atoms with van der Waals surface area (Å²) in [5.41, 5.74) is 0. The molecule has 1 fully saturated rings. The third-order valence-electron chi connectivity index (χ3n) is 3.70. The van der Waals surface area contributed by atoms with E-state index < -0.39 is 0 Å². The molecule has 0 saturated carbocycles. The average Bonchev–Trinajstić information content (AvgIpc) is 2.41. The van der Waals surface area contributed by atoms with Gasteiger partial charge in [0.15, 0.2) is 0 Å². The first kappa shape index (κ1) is 15.5. The van der Waals surface area contributed by atoms with Gasteiger partial charge >= 0.3 is 0 Å². The van der Waals surface area contributed by atoms with Gasteiger partial charge in [-0.1, -0.05) is 33.1 Å². The normalized spacial score (nSPS) is 20.1. The largest absolute Gasteiger partial charge is 0.341 e. The summed E-state index contributed by atoms with van der Waals surface area (Å²) in [7, 11) is 0. The Morgan fingerprint density at radius 2 is 2.06 bits per heavy atom. The summed E-state index contributed by atoms with van der Waals surface area (Å²) in [5.74, 6) is 0.370. The second-order valence-electron chi connectivity index (χ2n) is 5.44. The Morgan fingerprint density at radius 3 is 2.78 bits per heavy atom. The molecule has 1 rings (SSSR count). The van der Waals surface area contributed by atoms with Gasteiger partial charge in [-0.25, -0.2) is 0 Å². The van der Waals surface area contributed by atoms with Crippen LogP contribution in [-0.4, -0.2) is 36.5 Å². The van der Waals surface area contributed by atoms with Crippen LogP contribution in [0.3, 0.4) is 0 Å². The SMILES string of the molecule is CCCCCCC(=O)N1CCCC(NCCC)C1. The van der Waals surface area contributed by atoms with E-state index in [1.165, 1.54) is 32.1 Å². The van der Waals surface area contributed by atoms with Crippen LogP contribution in [0.15, 0.2) is 0 Å². The van der Waals surface area contributed by atoms with E-state index in [0.29, 0.717) is 11.9 Å². The third-order valence-corrected chi connectivity index (χ3v) is 3.70. The molecule has 0 radical (unpaired) electrons. The summed E-state index contributed by atoms with van der Waals surface area (Å²) < 4.78 is 0. The Balaban J connectivity index is 2.20. The van der Waals surface area contributed by atoms with Crippen molar-refractivity contribution in [3.63, 3.8) is 0 Å². The summed E-state index contributed by atoms with van der Waals surface area (Å²) in [5, 5.41) is 3.54. The van der Waals surface area contributed by atoms with Crippen LogP contribution in [0, 0.1) is 0 Å². The quantitative estimate of drug-likeness (QED) is 0.675. The number of unbranched alkanes of at least 4 members (excludes halogenated alkanes) is 3. The first-order valence-corrected chi connectivity index (χ1v) is 7.79. The highest BCUT2D eigenvalue weighted by Gasteiger charge is 2.22. The molecule has 18 heavy (non-hydrogen) atoms. The molecule has 1 N–H and O–H groups in total. The Bertz CT molecular complexity index is 231. The van der Waals surface area contributed by atoms with Crippen LogP contribution in [0.4, 0.5) is 0 Å². The summed E-state index contributed by atoms with van der Waals surface area (Å²) in [6, 6.07) is 0.526. The number of carbonyl (C=O) groups excluding carboxylic acids is 1. The van der Waals surface area contributed by atoms with Crippen molar-refractivity contribution in [1.29, 1.82) is 0 Å². The van der Waals surface area contributed by atoms with E-state index in [1.54, 1.807) is 0 Å². The summed E-state index contributed by atoms with van der Waals surface area (Å²) in [6.07, 6.45) is 9.06. The standard InChI is InChI=1S/C15H30N2O/c1-3-5-6-7-10-15(18)17-12-8-9-14(13-17)16-11-4-2/h14,16H,3-13H2,1-2H3. The number of hydrogen-bond acceptors (Lipinski definition) is 2. The fourth-order valence-electron chi connectivity index (χ4n) is 2.58. The molecule has 3 nitrogen and oxygen atoms in total. The lowest BCUT2D eigenvalue weighted by molar-refractivity contribution is -0.132. The predicted octanol–water partition coefficient (Wildman–Crippen LogP) is 2.95. The molecule has 106 valence electrons. The zero-order chi connectivity index (χ0) is 13.2. The molecule has 0 bridgehead atoms. The highest BCUT2D eigenvalue weighted by Crippen LogP contribution is 2.13. The Hall–Kier alpha value is -0.570. The maximum Gasteiger partial charge on any atom is 0.222 e. The molecular formula is C15H30N2O. The number of amides is 1. The van der Waals surface area contributed by atoms with Gasteiger partial charge < -0.3 is 10.2 Å². The van der Waals surface area contributed by atoms with Crippen molar-refractivity contribution in [2.24, 2.45) is 0 Å². The minimum absolute atomic E-state index is 0.370. The predicted molar refractivity (Wildman–Crippen MR) is 76.7 cm³/mol. The van der Waals surface area contributed by atoms with Gasteiger partial charge in [0.05, 0.1) is 0 Å². The van der Waals surface area contributed by atoms with Gasteiger partial charge in [0.1, 0.15) is 0 Å². The number of nitrogens with one attached hydrogen (secondary N) is 1. The Labute approximate surface area is 112 Å². The molecule has 0 aromatic heterocycles. The van der Waals surface area contributed by atoms with Gasteiger partial charge in [-0.05, 0) is 32.2 Å². The molecule has 0 spiro atoms. The topological polar surface area (TPSA) is 32.3 Å². The van der Waals surface area contributed by atoms with E-state index in [-0.39, 0.29) is 0 Å². The Morgan fingerprint density at radius 1 is 1.22 bits per heavy atom. The van der Waals surface area contributed by atoms with Crippen molar-refractivity contribution < 1.29 is 4.79 Å². The number of carbonyl (C=O) groups is 1. The van der Waals surface area contributed by atoms with E-state index in [2.05, 4.69) is 24.1 Å². The molecule has 1 unspecified atom stereocenters. The van der Waals surface area contributed by atoms with Gasteiger partial charge in [-0.3, -0.25) is 4.79 Å². The first-order valence-electron chi connectivity index (χ1n) is 7.79. The van der Waals surface area contributed by atoms with Crippen LogP contribution in [0.2, 0.25) is 0 Å². The molecule has 0 aromatic carbocycles. The van der Waals surface area contributed by atoms with Crippen LogP contribution >= 0.6 is 0 Å². The number of likely N-dealkylation sites (tertiary alicyclic amines) is 1. The van der Waals surface area contributed by atoms with Gasteiger partial charge in [-0.2, -0.15) is 0 Å². The molecule has 0 aliphatic carbocycles. The highest BCUT2D eigenvalue weighted by molar-refractivity contribution is 5.76. The van der Waals surface area contributed by atoms with Crippen LogP contribution in [0.25, 0.3) is 0 Å². The van der Waals surface area contributed by atoms with Gasteiger partial charge in [0.2, 0.25) is 5.91 Å². The first-order chi connectivity index (χ1) is 8.77. The third kappa shape index (κ3) is 5.85. The summed E-state index contributed by atoms with van der Waals surface area (Å²) >= 11 is 0. The van der Waals surface area contributed by atoms with Crippen LogP contribution in [0.5, 0.6) is 0 Å². The van der Waals surface area contributed by atoms with E-state index in [9.17, 15) is 4.79 Å². The van der Waals surface area contributed by atoms with Gasteiger partial charge in [0, 0.05) is 25.6 Å². The maximum atomic E-state index is 12.1. The number of rotatable bonds is 8. The summed E-state index contributed by atoms with van der Waals surface area (Å²) in [6.45, 7) is 7.36. The minimum atomic E-state index is 0.370. The van der Waals surface area contributed by atoms with Crippen LogP contribution < -0.4 is 5.32 Å². The molecule has 1 saturated heterocycles. The van der Waals surface area contributed by atoms with Gasteiger partial charge in [0.25, 0.3) is 0 Å². The smallest absolute Gasteiger partial charge is 0.222 e. The molecule has 1 aliphatic rings. The molecular weight excluding hydrogens is 224 g/mol. The van der Waals surface area contributed by atoms with E-state index in [0.717, 1.165) is 38.9 Å². The lowest BCUT2D eigenvalue weighted by Crippen LogP contribution is -2.48. The minimum Gasteiger partial charge on any atom is -0.341 e. The fourth-order valence-corrected chi connectivity index (χ4v) is 2.58.